The van der Waals surface area contributed by atoms with Crippen LogP contribution in [0.5, 0.6) is 0 Å². The van der Waals surface area contributed by atoms with Crippen LogP contribution in [0.2, 0.25) is 0 Å². The van der Waals surface area contributed by atoms with Crippen LogP contribution in [0, 0.1) is 0 Å². The van der Waals surface area contributed by atoms with E-state index in [-0.39, 0.29) is 13.0 Å². The van der Waals surface area contributed by atoms with E-state index in [1.54, 1.807) is 5.32 Å². The van der Waals surface area contributed by atoms with E-state index in [4.69, 9.17) is 0 Å². The Hall–Kier alpha value is -1.53. The summed E-state index contributed by atoms with van der Waals surface area (Å²) in [4.78, 5) is 21.1. The lowest BCUT2D eigenvalue weighted by molar-refractivity contribution is -0.141. The maximum absolute atomic E-state index is 12.2. The molecule has 0 aromatic rings. The lowest BCUT2D eigenvalue weighted by Gasteiger charge is -2.12. The summed E-state index contributed by atoms with van der Waals surface area (Å²) in [6.45, 7) is 2.05. The number of allylic oxidation sites excluding steroid dienone is 1. The van der Waals surface area contributed by atoms with Crippen molar-refractivity contribution in [2.45, 2.75) is 20.0 Å². The number of esters is 1. The van der Waals surface area contributed by atoms with Crippen LogP contribution < -0.4 is 5.32 Å². The third-order valence-electron chi connectivity index (χ3n) is 1.48. The average Bonchev–Trinajstić information content (AvgIpc) is 2.12. The molecule has 1 amide bonds. The molecule has 0 radical (unpaired) electrons. The molecule has 0 spiro atoms. The van der Waals surface area contributed by atoms with Gasteiger partial charge in [0.05, 0.1) is 12.2 Å². The molecule has 0 fully saturated rings. The van der Waals surface area contributed by atoms with Crippen molar-refractivity contribution >= 4 is 12.4 Å². The highest BCUT2D eigenvalue weighted by molar-refractivity contribution is 5.91. The van der Waals surface area contributed by atoms with E-state index in [1.807, 2.05) is 0 Å². The summed E-state index contributed by atoms with van der Waals surface area (Å²) in [6.07, 6.45) is -4.69. The molecule has 15 heavy (non-hydrogen) atoms. The molecule has 0 heterocycles. The zero-order chi connectivity index (χ0) is 12.1. The lowest BCUT2D eigenvalue weighted by atomic mass is 10.2. The Labute approximate surface area is 84.1 Å². The van der Waals surface area contributed by atoms with Gasteiger partial charge in [-0.25, -0.2) is 4.79 Å². The van der Waals surface area contributed by atoms with Crippen molar-refractivity contribution in [1.82, 2.24) is 5.32 Å². The van der Waals surface area contributed by atoms with Gasteiger partial charge in [0, 0.05) is 0 Å². The number of rotatable bonds is 4. The molecule has 86 valence electrons. The first-order valence-corrected chi connectivity index (χ1v) is 4.00. The summed E-state index contributed by atoms with van der Waals surface area (Å²) < 4.78 is 41.0. The van der Waals surface area contributed by atoms with E-state index in [0.29, 0.717) is 6.92 Å². The number of hydrogen-bond acceptors (Lipinski definition) is 3. The van der Waals surface area contributed by atoms with E-state index in [2.05, 4.69) is 4.74 Å². The highest BCUT2D eigenvalue weighted by Crippen LogP contribution is 2.27. The number of carbonyl (C=O) groups excluding carboxylic acids is 2. The Morgan fingerprint density at radius 1 is 1.47 bits per heavy atom. The molecular formula is C8H10F3NO3. The van der Waals surface area contributed by atoms with Gasteiger partial charge in [0.2, 0.25) is 6.41 Å². The van der Waals surface area contributed by atoms with Gasteiger partial charge in [0.25, 0.3) is 0 Å². The zero-order valence-electron chi connectivity index (χ0n) is 8.14. The number of amides is 1. The minimum Gasteiger partial charge on any atom is -0.461 e. The monoisotopic (exact) mass is 225 g/mol. The van der Waals surface area contributed by atoms with Crippen molar-refractivity contribution in [3.05, 3.63) is 11.3 Å². The zero-order valence-corrected chi connectivity index (χ0v) is 8.14. The molecule has 0 saturated heterocycles. The summed E-state index contributed by atoms with van der Waals surface area (Å²) in [6, 6.07) is 0. The predicted octanol–water partition coefficient (Wildman–Crippen LogP) is 1.13. The van der Waals surface area contributed by atoms with Crippen molar-refractivity contribution in [2.75, 3.05) is 6.61 Å². The SMILES string of the molecule is CCOC(=O)/C(NC=O)=C(\C)C(F)(F)F. The Morgan fingerprint density at radius 2 is 2.00 bits per heavy atom. The van der Waals surface area contributed by atoms with Gasteiger partial charge in [-0.05, 0) is 13.8 Å². The van der Waals surface area contributed by atoms with Gasteiger partial charge in [-0.15, -0.1) is 0 Å². The van der Waals surface area contributed by atoms with Crippen LogP contribution in [0.3, 0.4) is 0 Å². The molecule has 0 saturated carbocycles. The smallest absolute Gasteiger partial charge is 0.414 e. The number of alkyl halides is 3. The van der Waals surface area contributed by atoms with Crippen molar-refractivity contribution in [3.8, 4) is 0 Å². The molecule has 4 nitrogen and oxygen atoms in total. The van der Waals surface area contributed by atoms with E-state index >= 15 is 0 Å². The number of halogens is 3. The van der Waals surface area contributed by atoms with Crippen molar-refractivity contribution in [3.63, 3.8) is 0 Å². The van der Waals surface area contributed by atoms with Gasteiger partial charge < -0.3 is 10.1 Å². The minimum absolute atomic E-state index is 0.0124. The second kappa shape index (κ2) is 5.38. The third kappa shape index (κ3) is 4.01. The fraction of sp³-hybridized carbons (Fsp3) is 0.500. The fourth-order valence-electron chi connectivity index (χ4n) is 0.724. The van der Waals surface area contributed by atoms with Gasteiger partial charge in [-0.1, -0.05) is 0 Å². The van der Waals surface area contributed by atoms with Crippen LogP contribution in [0.4, 0.5) is 13.2 Å². The Morgan fingerprint density at radius 3 is 2.33 bits per heavy atom. The van der Waals surface area contributed by atoms with Crippen LogP contribution in [-0.2, 0) is 14.3 Å². The van der Waals surface area contributed by atoms with Gasteiger partial charge in [-0.3, -0.25) is 4.79 Å². The van der Waals surface area contributed by atoms with E-state index in [0.717, 1.165) is 0 Å². The number of carbonyl (C=O) groups is 2. The quantitative estimate of drug-likeness (QED) is 0.443. The van der Waals surface area contributed by atoms with Gasteiger partial charge in [-0.2, -0.15) is 13.2 Å². The van der Waals surface area contributed by atoms with Crippen LogP contribution in [-0.4, -0.2) is 25.2 Å². The summed E-state index contributed by atoms with van der Waals surface area (Å²) in [5.74, 6) is -1.21. The van der Waals surface area contributed by atoms with E-state index < -0.39 is 23.4 Å². The molecule has 0 aromatic heterocycles. The Bertz CT molecular complexity index is 283. The van der Waals surface area contributed by atoms with Gasteiger partial charge >= 0.3 is 12.1 Å². The molecule has 0 bridgehead atoms. The topological polar surface area (TPSA) is 55.4 Å². The van der Waals surface area contributed by atoms with Crippen LogP contribution in [0.25, 0.3) is 0 Å². The first-order chi connectivity index (χ1) is 6.84. The second-order valence-electron chi connectivity index (χ2n) is 2.48. The molecule has 0 unspecified atom stereocenters. The molecule has 0 aliphatic carbocycles. The molecule has 1 N–H and O–H groups in total. The summed E-state index contributed by atoms with van der Waals surface area (Å²) in [5.41, 5.74) is -2.09. The second-order valence-corrected chi connectivity index (χ2v) is 2.48. The number of nitrogens with one attached hydrogen (secondary N) is 1. The lowest BCUT2D eigenvalue weighted by Crippen LogP contribution is -2.27. The van der Waals surface area contributed by atoms with Gasteiger partial charge in [0.15, 0.2) is 0 Å². The largest absolute Gasteiger partial charge is 0.461 e. The van der Waals surface area contributed by atoms with E-state index in [9.17, 15) is 22.8 Å². The molecule has 0 aliphatic rings. The maximum atomic E-state index is 12.2. The predicted molar refractivity (Wildman–Crippen MR) is 44.6 cm³/mol. The first kappa shape index (κ1) is 13.5. The molecule has 0 atom stereocenters. The van der Waals surface area contributed by atoms with Crippen molar-refractivity contribution in [1.29, 1.82) is 0 Å². The van der Waals surface area contributed by atoms with Crippen LogP contribution in [0.1, 0.15) is 13.8 Å². The van der Waals surface area contributed by atoms with E-state index in [1.165, 1.54) is 6.92 Å². The summed E-state index contributed by atoms with van der Waals surface area (Å²) in [5, 5.41) is 1.68. The highest BCUT2D eigenvalue weighted by Gasteiger charge is 2.35. The fourth-order valence-corrected chi connectivity index (χ4v) is 0.724. The number of hydrogen-bond donors (Lipinski definition) is 1. The highest BCUT2D eigenvalue weighted by atomic mass is 19.4. The Balaban J connectivity index is 5.10. The van der Waals surface area contributed by atoms with Crippen molar-refractivity contribution < 1.29 is 27.5 Å². The molecule has 0 aromatic carbocycles. The van der Waals surface area contributed by atoms with Crippen molar-refractivity contribution in [2.24, 2.45) is 0 Å². The Kier molecular flexibility index (Phi) is 4.83. The average molecular weight is 225 g/mol. The summed E-state index contributed by atoms with van der Waals surface area (Å²) >= 11 is 0. The minimum atomic E-state index is -4.68. The molecule has 7 heteroatoms. The van der Waals surface area contributed by atoms with Crippen LogP contribution in [0.15, 0.2) is 11.3 Å². The molecule has 0 aliphatic heterocycles. The standard InChI is InChI=1S/C8H10F3NO3/c1-3-15-7(14)6(12-4-13)5(2)8(9,10)11/h4H,3H2,1-2H3,(H,12,13)/b6-5-. The first-order valence-electron chi connectivity index (χ1n) is 4.00. The third-order valence-corrected chi connectivity index (χ3v) is 1.48. The summed E-state index contributed by atoms with van der Waals surface area (Å²) in [7, 11) is 0. The normalized spacial score (nSPS) is 12.9. The number of ether oxygens (including phenoxy) is 1. The maximum Gasteiger partial charge on any atom is 0.414 e. The van der Waals surface area contributed by atoms with Crippen LogP contribution >= 0.6 is 0 Å². The van der Waals surface area contributed by atoms with Gasteiger partial charge in [0.1, 0.15) is 5.70 Å². The molecular weight excluding hydrogens is 215 g/mol. The molecule has 0 rings (SSSR count).